The second-order valence-corrected chi connectivity index (χ2v) is 13.7. The number of carbonyl (C=O) groups excluding carboxylic acids is 4. The van der Waals surface area contributed by atoms with Crippen LogP contribution in [0.3, 0.4) is 0 Å². The fourth-order valence-electron chi connectivity index (χ4n) is 8.29. The highest BCUT2D eigenvalue weighted by atomic mass is 16.2. The van der Waals surface area contributed by atoms with E-state index in [1.165, 1.54) is 30.7 Å². The quantitative estimate of drug-likeness (QED) is 0.378. The number of anilines is 2. The summed E-state index contributed by atoms with van der Waals surface area (Å²) in [5, 5.41) is 0. The van der Waals surface area contributed by atoms with Gasteiger partial charge in [0.2, 0.25) is 11.8 Å². The summed E-state index contributed by atoms with van der Waals surface area (Å²) in [6, 6.07) is 27.2. The average Bonchev–Trinajstić information content (AvgIpc) is 3.55. The number of hydrogen-bond acceptors (Lipinski definition) is 4. The molecule has 4 fully saturated rings. The zero-order valence-corrected chi connectivity index (χ0v) is 26.4. The molecule has 4 heterocycles. The summed E-state index contributed by atoms with van der Waals surface area (Å²) in [4.78, 5) is 58.3. The summed E-state index contributed by atoms with van der Waals surface area (Å²) < 4.78 is 0. The van der Waals surface area contributed by atoms with E-state index in [2.05, 4.69) is 48.5 Å². The Labute approximate surface area is 271 Å². The van der Waals surface area contributed by atoms with Gasteiger partial charge in [-0.3, -0.25) is 19.2 Å². The zero-order valence-electron chi connectivity index (χ0n) is 26.4. The molecule has 8 nitrogen and oxygen atoms in total. The first kappa shape index (κ1) is 30.5. The van der Waals surface area contributed by atoms with Crippen LogP contribution >= 0.6 is 0 Å². The van der Waals surface area contributed by atoms with Crippen molar-refractivity contribution >= 4 is 35.0 Å². The van der Waals surface area contributed by atoms with Gasteiger partial charge in [-0.05, 0) is 85.8 Å². The monoisotopic (exact) mass is 620 g/mol. The van der Waals surface area contributed by atoms with E-state index < -0.39 is 0 Å². The Morgan fingerprint density at radius 2 is 0.848 bits per heavy atom. The molecule has 0 aromatic heterocycles. The normalized spacial score (nSPS) is 28.7. The van der Waals surface area contributed by atoms with Crippen molar-refractivity contribution in [3.63, 3.8) is 0 Å². The highest BCUT2D eigenvalue weighted by Crippen LogP contribution is 2.29. The van der Waals surface area contributed by atoms with Crippen molar-refractivity contribution < 1.29 is 29.0 Å². The van der Waals surface area contributed by atoms with Crippen LogP contribution in [0.25, 0.3) is 0 Å². The average molecular weight is 621 g/mol. The highest BCUT2D eigenvalue weighted by molar-refractivity contribution is 6.23. The maximum absolute atomic E-state index is 13.5. The lowest BCUT2D eigenvalue weighted by Crippen LogP contribution is -3.17. The molecule has 0 spiro atoms. The number of rotatable bonds is 8. The number of piperidine rings is 2. The van der Waals surface area contributed by atoms with Crippen LogP contribution in [-0.4, -0.2) is 61.9 Å². The third-order valence-electron chi connectivity index (χ3n) is 10.9. The molecule has 7 rings (SSSR count). The van der Waals surface area contributed by atoms with Crippen LogP contribution in [0, 0.1) is 11.8 Å². The molecule has 0 unspecified atom stereocenters. The number of amides is 4. The first-order chi connectivity index (χ1) is 22.4. The van der Waals surface area contributed by atoms with Gasteiger partial charge >= 0.3 is 0 Å². The molecule has 2 atom stereocenters. The molecule has 8 heteroatoms. The van der Waals surface area contributed by atoms with Gasteiger partial charge in [0.15, 0.2) is 12.1 Å². The number of quaternary nitrogens is 2. The van der Waals surface area contributed by atoms with E-state index in [1.54, 1.807) is 24.3 Å². The Bertz CT molecular complexity index is 1440. The van der Waals surface area contributed by atoms with E-state index in [9.17, 15) is 19.2 Å². The summed E-state index contributed by atoms with van der Waals surface area (Å²) in [6.07, 6.45) is 6.73. The number of benzene rings is 3. The van der Waals surface area contributed by atoms with Gasteiger partial charge < -0.3 is 9.80 Å². The molecule has 4 aliphatic rings. The number of likely N-dealkylation sites (tertiary alicyclic amines) is 2. The summed E-state index contributed by atoms with van der Waals surface area (Å²) >= 11 is 0. The lowest BCUT2D eigenvalue weighted by molar-refractivity contribution is -0.920. The van der Waals surface area contributed by atoms with Crippen LogP contribution in [0.2, 0.25) is 0 Å². The van der Waals surface area contributed by atoms with Crippen LogP contribution in [0.4, 0.5) is 11.4 Å². The van der Waals surface area contributed by atoms with E-state index in [0.717, 1.165) is 64.7 Å². The van der Waals surface area contributed by atoms with Crippen molar-refractivity contribution in [1.29, 1.82) is 0 Å². The number of carbonyl (C=O) groups is 4. The van der Waals surface area contributed by atoms with E-state index in [0.29, 0.717) is 23.2 Å². The fraction of sp³-hybridized carbons (Fsp3) is 0.421. The van der Waals surface area contributed by atoms with Crippen LogP contribution in [0.1, 0.15) is 49.7 Å². The van der Waals surface area contributed by atoms with Gasteiger partial charge in [-0.25, -0.2) is 9.80 Å². The number of hydrogen-bond donors (Lipinski definition) is 2. The molecule has 0 bridgehead atoms. The molecule has 0 aliphatic carbocycles. The summed E-state index contributed by atoms with van der Waals surface area (Å²) in [7, 11) is 0. The van der Waals surface area contributed by atoms with Gasteiger partial charge in [-0.15, -0.1) is 0 Å². The number of nitrogens with zero attached hydrogens (tertiary/aromatic N) is 2. The first-order valence-corrected chi connectivity index (χ1v) is 17.0. The predicted octanol–water partition coefficient (Wildman–Crippen LogP) is 2.03. The molecule has 3 aromatic carbocycles. The van der Waals surface area contributed by atoms with Crippen LogP contribution in [-0.2, 0) is 32.0 Å². The van der Waals surface area contributed by atoms with Gasteiger partial charge in [0.05, 0.1) is 50.4 Å². The summed E-state index contributed by atoms with van der Waals surface area (Å²) in [5.41, 5.74) is 3.71. The molecular weight excluding hydrogens is 576 g/mol. The SMILES string of the molecule is O=C1C[C@@H]([NH+]2CCC(Cc3ccccc3)CC2)C(=O)N1c1ccc(N2C(=O)C[C@H]([NH+]3CCC(Cc4ccccc4)CC3)C2=O)cc1. The van der Waals surface area contributed by atoms with E-state index >= 15 is 0 Å². The number of imide groups is 2. The molecule has 4 amide bonds. The van der Waals surface area contributed by atoms with Crippen molar-refractivity contribution in [3.05, 3.63) is 96.1 Å². The first-order valence-electron chi connectivity index (χ1n) is 17.0. The lowest BCUT2D eigenvalue weighted by Gasteiger charge is -2.32. The zero-order chi connectivity index (χ0) is 31.6. The van der Waals surface area contributed by atoms with Gasteiger partial charge in [0, 0.05) is 0 Å². The highest BCUT2D eigenvalue weighted by Gasteiger charge is 2.48. The lowest BCUT2D eigenvalue weighted by atomic mass is 9.89. The third-order valence-corrected chi connectivity index (χ3v) is 10.9. The molecular formula is C38H44N4O4+2. The predicted molar refractivity (Wildman–Crippen MR) is 175 cm³/mol. The summed E-state index contributed by atoms with van der Waals surface area (Å²) in [6.45, 7) is 3.56. The Morgan fingerprint density at radius 3 is 1.20 bits per heavy atom. The van der Waals surface area contributed by atoms with Crippen LogP contribution in [0.5, 0.6) is 0 Å². The molecule has 0 saturated carbocycles. The Kier molecular flexibility index (Phi) is 8.82. The summed E-state index contributed by atoms with van der Waals surface area (Å²) in [5.74, 6) is 0.531. The number of nitrogens with one attached hydrogen (secondary N) is 2. The molecule has 4 saturated heterocycles. The van der Waals surface area contributed by atoms with E-state index in [-0.39, 0.29) is 48.6 Å². The molecule has 3 aromatic rings. The minimum Gasteiger partial charge on any atom is -0.324 e. The topological polar surface area (TPSA) is 83.6 Å². The largest absolute Gasteiger partial charge is 0.324 e. The standard InChI is InChI=1S/C38H42N4O4/c43-35-25-33(39-19-15-29(16-20-39)23-27-7-3-1-4-8-27)37(45)41(35)31-11-13-32(14-12-31)42-36(44)26-34(38(42)46)40-21-17-30(18-22-40)24-28-9-5-2-6-10-28/h1-14,29-30,33-34H,15-26H2/p+2/t33-,34+. The van der Waals surface area contributed by atoms with Crippen molar-refractivity contribution in [1.82, 2.24) is 0 Å². The van der Waals surface area contributed by atoms with Crippen molar-refractivity contribution in [2.75, 3.05) is 36.0 Å². The molecule has 4 aliphatic heterocycles. The van der Waals surface area contributed by atoms with Gasteiger partial charge in [-0.1, -0.05) is 60.7 Å². The Balaban J connectivity index is 0.940. The molecule has 46 heavy (non-hydrogen) atoms. The van der Waals surface area contributed by atoms with Crippen LogP contribution in [0.15, 0.2) is 84.9 Å². The van der Waals surface area contributed by atoms with Gasteiger partial charge in [0.1, 0.15) is 0 Å². The molecule has 238 valence electrons. The van der Waals surface area contributed by atoms with Gasteiger partial charge in [0.25, 0.3) is 11.8 Å². The Morgan fingerprint density at radius 1 is 0.500 bits per heavy atom. The minimum atomic E-state index is -0.354. The molecule has 2 N–H and O–H groups in total. The maximum Gasteiger partial charge on any atom is 0.292 e. The smallest absolute Gasteiger partial charge is 0.292 e. The second-order valence-electron chi connectivity index (χ2n) is 13.7. The maximum atomic E-state index is 13.5. The third kappa shape index (κ3) is 6.29. The fourth-order valence-corrected chi connectivity index (χ4v) is 8.29. The van der Waals surface area contributed by atoms with Crippen molar-refractivity contribution in [3.8, 4) is 0 Å². The van der Waals surface area contributed by atoms with Crippen molar-refractivity contribution in [2.45, 2.75) is 63.5 Å². The van der Waals surface area contributed by atoms with Gasteiger partial charge in [-0.2, -0.15) is 0 Å². The minimum absolute atomic E-state index is 0.151. The van der Waals surface area contributed by atoms with E-state index in [4.69, 9.17) is 0 Å². The van der Waals surface area contributed by atoms with E-state index in [1.807, 2.05) is 12.1 Å². The Hall–Kier alpha value is -4.14. The second kappa shape index (κ2) is 13.3. The van der Waals surface area contributed by atoms with Crippen molar-refractivity contribution in [2.24, 2.45) is 11.8 Å². The van der Waals surface area contributed by atoms with Crippen LogP contribution < -0.4 is 19.6 Å². The molecule has 0 radical (unpaired) electrons.